The Bertz CT molecular complexity index is 1150. The van der Waals surface area contributed by atoms with E-state index in [1.165, 1.54) is 11.8 Å². The van der Waals surface area contributed by atoms with Crippen LogP contribution in [0.5, 0.6) is 0 Å². The normalized spacial score (nSPS) is 17.7. The molecule has 2 aliphatic heterocycles. The Morgan fingerprint density at radius 2 is 1.59 bits per heavy atom. The van der Waals surface area contributed by atoms with Gasteiger partial charge in [-0.05, 0) is 61.6 Å². The number of methoxy groups -OCH3 is 1. The van der Waals surface area contributed by atoms with Gasteiger partial charge in [-0.15, -0.1) is 0 Å². The number of anilines is 2. The van der Waals surface area contributed by atoms with Crippen LogP contribution in [0.4, 0.5) is 11.4 Å². The number of sulfone groups is 1. The maximum atomic E-state index is 13.3. The van der Waals surface area contributed by atoms with Gasteiger partial charge < -0.3 is 19.9 Å². The summed E-state index contributed by atoms with van der Waals surface area (Å²) in [5, 5.41) is 2.97. The van der Waals surface area contributed by atoms with Crippen LogP contribution in [0.15, 0.2) is 47.4 Å². The molecule has 7 nitrogen and oxygen atoms in total. The molecular formula is C29H41N3O4S. The Hall–Kier alpha value is -2.58. The molecule has 8 heteroatoms. The van der Waals surface area contributed by atoms with Gasteiger partial charge in [-0.2, -0.15) is 0 Å². The molecule has 37 heavy (non-hydrogen) atoms. The van der Waals surface area contributed by atoms with E-state index in [9.17, 15) is 13.2 Å². The average Bonchev–Trinajstić information content (AvgIpc) is 2.91. The molecule has 0 spiro atoms. The van der Waals surface area contributed by atoms with Crippen molar-refractivity contribution >= 4 is 27.1 Å². The molecule has 1 amide bonds. The van der Waals surface area contributed by atoms with E-state index in [4.69, 9.17) is 4.74 Å². The zero-order valence-electron chi connectivity index (χ0n) is 22.4. The van der Waals surface area contributed by atoms with Gasteiger partial charge in [0.05, 0.1) is 21.8 Å². The summed E-state index contributed by atoms with van der Waals surface area (Å²) in [6.07, 6.45) is 5.98. The van der Waals surface area contributed by atoms with Crippen LogP contribution < -0.4 is 15.1 Å². The van der Waals surface area contributed by atoms with Gasteiger partial charge in [-0.1, -0.05) is 37.3 Å². The third-order valence-electron chi connectivity index (χ3n) is 7.76. The highest BCUT2D eigenvalue weighted by molar-refractivity contribution is 7.90. The second-order valence-corrected chi connectivity index (χ2v) is 12.5. The molecular weight excluding hydrogens is 486 g/mol. The zero-order chi connectivity index (χ0) is 26.4. The molecule has 2 fully saturated rings. The summed E-state index contributed by atoms with van der Waals surface area (Å²) in [5.41, 5.74) is 3.34. The van der Waals surface area contributed by atoms with Crippen LogP contribution in [-0.2, 0) is 14.6 Å². The predicted molar refractivity (Wildman–Crippen MR) is 150 cm³/mol. The quantitative estimate of drug-likeness (QED) is 0.485. The van der Waals surface area contributed by atoms with Gasteiger partial charge in [0.15, 0.2) is 9.84 Å². The van der Waals surface area contributed by atoms with Crippen molar-refractivity contribution in [3.8, 4) is 0 Å². The van der Waals surface area contributed by atoms with E-state index >= 15 is 0 Å². The molecule has 0 aliphatic carbocycles. The van der Waals surface area contributed by atoms with Crippen molar-refractivity contribution in [3.63, 3.8) is 0 Å². The smallest absolute Gasteiger partial charge is 0.253 e. The lowest BCUT2D eigenvalue weighted by Gasteiger charge is -2.37. The minimum atomic E-state index is -3.55. The maximum absolute atomic E-state index is 13.3. The van der Waals surface area contributed by atoms with Crippen molar-refractivity contribution in [2.24, 2.45) is 5.92 Å². The molecule has 2 aromatic carbocycles. The molecule has 4 rings (SSSR count). The number of amides is 1. The second-order valence-electron chi connectivity index (χ2n) is 10.6. The predicted octanol–water partition coefficient (Wildman–Crippen LogP) is 4.48. The first-order valence-electron chi connectivity index (χ1n) is 13.5. The summed E-state index contributed by atoms with van der Waals surface area (Å²) in [5.74, 6) is 0.887. The van der Waals surface area contributed by atoms with Crippen molar-refractivity contribution in [1.82, 2.24) is 5.32 Å². The highest BCUT2D eigenvalue weighted by atomic mass is 32.2. The summed E-state index contributed by atoms with van der Waals surface area (Å²) < 4.78 is 31.1. The summed E-state index contributed by atoms with van der Waals surface area (Å²) in [7, 11) is -1.91. The topological polar surface area (TPSA) is 78.9 Å². The average molecular weight is 528 g/mol. The van der Waals surface area contributed by atoms with Crippen LogP contribution in [0.25, 0.3) is 0 Å². The molecule has 0 aromatic heterocycles. The lowest BCUT2D eigenvalue weighted by molar-refractivity contribution is 0.0949. The molecule has 1 N–H and O–H groups in total. The fourth-order valence-electron chi connectivity index (χ4n) is 5.49. The molecule has 2 aliphatic rings. The molecule has 0 bridgehead atoms. The molecule has 2 heterocycles. The fraction of sp³-hybridized carbons (Fsp3) is 0.552. The van der Waals surface area contributed by atoms with Gasteiger partial charge in [0.1, 0.15) is 0 Å². The second kappa shape index (κ2) is 12.3. The number of nitrogens with one attached hydrogen (secondary N) is 1. The molecule has 0 saturated carbocycles. The van der Waals surface area contributed by atoms with E-state index in [0.29, 0.717) is 37.0 Å². The highest BCUT2D eigenvalue weighted by Crippen LogP contribution is 2.38. The van der Waals surface area contributed by atoms with E-state index in [0.717, 1.165) is 63.2 Å². The molecule has 0 radical (unpaired) electrons. The molecule has 2 aromatic rings. The number of hydrogen-bond donors (Lipinski definition) is 1. The van der Waals surface area contributed by atoms with E-state index in [1.807, 2.05) is 12.1 Å². The number of rotatable bonds is 9. The summed E-state index contributed by atoms with van der Waals surface area (Å²) >= 11 is 0. The van der Waals surface area contributed by atoms with Crippen LogP contribution in [0.2, 0.25) is 0 Å². The van der Waals surface area contributed by atoms with E-state index < -0.39 is 9.84 Å². The number of carbonyl (C=O) groups is 1. The Labute approximate surface area is 222 Å². The Morgan fingerprint density at radius 1 is 0.973 bits per heavy atom. The number of nitrogens with zero attached hydrogens (tertiary/aromatic N) is 2. The van der Waals surface area contributed by atoms with Crippen molar-refractivity contribution in [2.75, 3.05) is 62.5 Å². The monoisotopic (exact) mass is 527 g/mol. The lowest BCUT2D eigenvalue weighted by Crippen LogP contribution is -2.37. The number of ether oxygens (including phenoxy) is 1. The number of carbonyl (C=O) groups excluding carboxylic acids is 1. The third-order valence-corrected chi connectivity index (χ3v) is 8.89. The SMILES string of the molecule is COCCCNC(=O)c1cc(S(C)(=O)=O)c(N2CCC(c3ccccc3)CC2)cc1N1CCC(C)CC1. The van der Waals surface area contributed by atoms with Gasteiger partial charge in [0.25, 0.3) is 5.91 Å². The Morgan fingerprint density at radius 3 is 2.22 bits per heavy atom. The summed E-state index contributed by atoms with van der Waals surface area (Å²) in [4.78, 5) is 18.0. The fourth-order valence-corrected chi connectivity index (χ4v) is 6.39. The first-order chi connectivity index (χ1) is 17.8. The van der Waals surface area contributed by atoms with Gasteiger partial charge in [0, 0.05) is 52.7 Å². The molecule has 202 valence electrons. The van der Waals surface area contributed by atoms with Crippen LogP contribution in [0.3, 0.4) is 0 Å². The van der Waals surface area contributed by atoms with E-state index in [2.05, 4.69) is 46.3 Å². The zero-order valence-corrected chi connectivity index (χ0v) is 23.2. The lowest BCUT2D eigenvalue weighted by atomic mass is 9.89. The number of benzene rings is 2. The molecule has 0 atom stereocenters. The summed E-state index contributed by atoms with van der Waals surface area (Å²) in [6, 6.07) is 14.1. The summed E-state index contributed by atoms with van der Waals surface area (Å²) in [6.45, 7) is 6.57. The van der Waals surface area contributed by atoms with E-state index in [-0.39, 0.29) is 10.8 Å². The Balaban J connectivity index is 1.66. The van der Waals surface area contributed by atoms with Crippen molar-refractivity contribution in [1.29, 1.82) is 0 Å². The largest absolute Gasteiger partial charge is 0.385 e. The van der Waals surface area contributed by atoms with Crippen LogP contribution in [-0.4, -0.2) is 67.0 Å². The first kappa shape index (κ1) is 27.5. The first-order valence-corrected chi connectivity index (χ1v) is 15.4. The highest BCUT2D eigenvalue weighted by Gasteiger charge is 2.29. The van der Waals surface area contributed by atoms with Gasteiger partial charge >= 0.3 is 0 Å². The van der Waals surface area contributed by atoms with Crippen LogP contribution >= 0.6 is 0 Å². The van der Waals surface area contributed by atoms with Crippen LogP contribution in [0.1, 0.15) is 60.9 Å². The standard InChI is InChI=1S/C29H41N3O4S/c1-22-10-15-31(16-11-22)26-21-27(32-17-12-24(13-18-32)23-8-5-4-6-9-23)28(37(3,34)35)20-25(26)29(33)30-14-7-19-36-2/h4-6,8-9,20-22,24H,7,10-19H2,1-3H3,(H,30,33). The number of piperidine rings is 2. The van der Waals surface area contributed by atoms with Gasteiger partial charge in [-0.25, -0.2) is 8.42 Å². The minimum absolute atomic E-state index is 0.232. The molecule has 2 saturated heterocycles. The van der Waals surface area contributed by atoms with Crippen LogP contribution in [0, 0.1) is 5.92 Å². The minimum Gasteiger partial charge on any atom is -0.385 e. The Kier molecular flexibility index (Phi) is 9.13. The van der Waals surface area contributed by atoms with Gasteiger partial charge in [0.2, 0.25) is 0 Å². The number of hydrogen-bond acceptors (Lipinski definition) is 6. The third kappa shape index (κ3) is 6.85. The van der Waals surface area contributed by atoms with Crippen molar-refractivity contribution in [3.05, 3.63) is 53.6 Å². The maximum Gasteiger partial charge on any atom is 0.253 e. The van der Waals surface area contributed by atoms with Gasteiger partial charge in [-0.3, -0.25) is 4.79 Å². The van der Waals surface area contributed by atoms with E-state index in [1.54, 1.807) is 13.2 Å². The van der Waals surface area contributed by atoms with Crippen molar-refractivity contribution < 1.29 is 17.9 Å². The molecule has 0 unspecified atom stereocenters. The van der Waals surface area contributed by atoms with Crippen molar-refractivity contribution in [2.45, 2.75) is 49.8 Å².